The molecule has 0 saturated heterocycles. The van der Waals surface area contributed by atoms with Gasteiger partial charge < -0.3 is 5.32 Å². The Labute approximate surface area is 181 Å². The maximum Gasteiger partial charge on any atom is 0.416 e. The zero-order valence-electron chi connectivity index (χ0n) is 17.1. The SMILES string of the molecule is O=C(NC1(c2ccncc2)CCC1)c1nn(-c2cc(C(F)(F)F)ccn2)c2c1C[C@H]1C[C@@H]21. The Morgan fingerprint density at radius 3 is 2.62 bits per heavy atom. The van der Waals surface area contributed by atoms with Gasteiger partial charge in [0.1, 0.15) is 0 Å². The summed E-state index contributed by atoms with van der Waals surface area (Å²) in [6, 6.07) is 5.75. The van der Waals surface area contributed by atoms with Crippen LogP contribution in [0.2, 0.25) is 0 Å². The number of carbonyl (C=O) groups is 1. The van der Waals surface area contributed by atoms with E-state index in [2.05, 4.69) is 20.4 Å². The zero-order valence-corrected chi connectivity index (χ0v) is 17.1. The van der Waals surface area contributed by atoms with Gasteiger partial charge in [0, 0.05) is 30.1 Å². The lowest BCUT2D eigenvalue weighted by molar-refractivity contribution is -0.137. The molecule has 1 N–H and O–H groups in total. The second-order valence-corrected chi connectivity index (χ2v) is 8.96. The van der Waals surface area contributed by atoms with Gasteiger partial charge in [0.15, 0.2) is 11.5 Å². The van der Waals surface area contributed by atoms with Crippen LogP contribution in [0, 0.1) is 5.92 Å². The number of halogens is 3. The molecule has 0 spiro atoms. The molecule has 0 aromatic carbocycles. The monoisotopic (exact) mass is 439 g/mol. The number of fused-ring (bicyclic) bond motifs is 3. The van der Waals surface area contributed by atoms with E-state index in [9.17, 15) is 18.0 Å². The summed E-state index contributed by atoms with van der Waals surface area (Å²) in [6.07, 6.45) is 4.44. The smallest absolute Gasteiger partial charge is 0.341 e. The summed E-state index contributed by atoms with van der Waals surface area (Å²) in [6.45, 7) is 0. The molecule has 2 saturated carbocycles. The molecule has 6 nitrogen and oxygen atoms in total. The first-order chi connectivity index (χ1) is 15.4. The number of hydrogen-bond acceptors (Lipinski definition) is 4. The Balaban J connectivity index is 1.38. The van der Waals surface area contributed by atoms with E-state index in [1.165, 1.54) is 4.68 Å². The topological polar surface area (TPSA) is 72.7 Å². The molecule has 0 radical (unpaired) electrons. The molecule has 2 atom stereocenters. The number of nitrogens with zero attached hydrogens (tertiary/aromatic N) is 4. The second-order valence-electron chi connectivity index (χ2n) is 8.96. The van der Waals surface area contributed by atoms with Gasteiger partial charge in [-0.2, -0.15) is 18.3 Å². The van der Waals surface area contributed by atoms with Crippen LogP contribution in [-0.2, 0) is 18.1 Å². The van der Waals surface area contributed by atoms with Crippen molar-refractivity contribution in [3.63, 3.8) is 0 Å². The average Bonchev–Trinajstić information content (AvgIpc) is 3.25. The number of nitrogens with one attached hydrogen (secondary N) is 1. The minimum atomic E-state index is -4.47. The largest absolute Gasteiger partial charge is 0.416 e. The predicted molar refractivity (Wildman–Crippen MR) is 108 cm³/mol. The summed E-state index contributed by atoms with van der Waals surface area (Å²) in [7, 11) is 0. The first kappa shape index (κ1) is 19.5. The predicted octanol–water partition coefficient (Wildman–Crippen LogP) is 4.15. The third-order valence-electron chi connectivity index (χ3n) is 7.06. The van der Waals surface area contributed by atoms with Crippen LogP contribution < -0.4 is 5.32 Å². The Hall–Kier alpha value is -3.23. The molecule has 3 aromatic heterocycles. The summed E-state index contributed by atoms with van der Waals surface area (Å²) in [5, 5.41) is 7.68. The molecule has 0 unspecified atom stereocenters. The third-order valence-corrected chi connectivity index (χ3v) is 7.06. The summed E-state index contributed by atoms with van der Waals surface area (Å²) in [5.74, 6) is 0.470. The number of amides is 1. The Morgan fingerprint density at radius 2 is 1.94 bits per heavy atom. The van der Waals surface area contributed by atoms with Crippen molar-refractivity contribution < 1.29 is 18.0 Å². The summed E-state index contributed by atoms with van der Waals surface area (Å²) in [5.41, 5.74) is 1.74. The van der Waals surface area contributed by atoms with Crippen molar-refractivity contribution in [1.82, 2.24) is 25.1 Å². The number of carbonyl (C=O) groups excluding carboxylic acids is 1. The first-order valence-electron chi connectivity index (χ1n) is 10.7. The molecule has 0 aliphatic heterocycles. The molecule has 6 rings (SSSR count). The van der Waals surface area contributed by atoms with Crippen LogP contribution in [0.1, 0.15) is 64.5 Å². The highest BCUT2D eigenvalue weighted by atomic mass is 19.4. The van der Waals surface area contributed by atoms with Gasteiger partial charge >= 0.3 is 6.18 Å². The van der Waals surface area contributed by atoms with Gasteiger partial charge in [-0.1, -0.05) is 0 Å². The lowest BCUT2D eigenvalue weighted by Gasteiger charge is -2.42. The van der Waals surface area contributed by atoms with Crippen LogP contribution in [0.25, 0.3) is 5.82 Å². The molecule has 9 heteroatoms. The minimum absolute atomic E-state index is 0.0927. The number of hydrogen-bond donors (Lipinski definition) is 1. The van der Waals surface area contributed by atoms with Crippen LogP contribution >= 0.6 is 0 Å². The van der Waals surface area contributed by atoms with Gasteiger partial charge in [-0.25, -0.2) is 9.67 Å². The highest BCUT2D eigenvalue weighted by Crippen LogP contribution is 2.57. The van der Waals surface area contributed by atoms with E-state index in [0.29, 0.717) is 11.6 Å². The molecule has 164 valence electrons. The van der Waals surface area contributed by atoms with Gasteiger partial charge in [0.25, 0.3) is 5.91 Å². The van der Waals surface area contributed by atoms with Gasteiger partial charge in [-0.05, 0) is 67.9 Å². The maximum absolute atomic E-state index is 13.4. The summed E-state index contributed by atoms with van der Waals surface area (Å²) >= 11 is 0. The van der Waals surface area contributed by atoms with Crippen LogP contribution in [-0.4, -0.2) is 25.7 Å². The van der Waals surface area contributed by atoms with E-state index < -0.39 is 17.3 Å². The minimum Gasteiger partial charge on any atom is -0.341 e. The number of rotatable bonds is 4. The molecule has 3 aliphatic carbocycles. The summed E-state index contributed by atoms with van der Waals surface area (Å²) < 4.78 is 41.2. The molecule has 2 fully saturated rings. The highest BCUT2D eigenvalue weighted by molar-refractivity contribution is 5.95. The van der Waals surface area contributed by atoms with Crippen LogP contribution in [0.3, 0.4) is 0 Å². The van der Waals surface area contributed by atoms with Crippen molar-refractivity contribution >= 4 is 5.91 Å². The van der Waals surface area contributed by atoms with Crippen molar-refractivity contribution in [3.8, 4) is 5.82 Å². The number of alkyl halides is 3. The van der Waals surface area contributed by atoms with Gasteiger partial charge in [0.05, 0.1) is 16.8 Å². The lowest BCUT2D eigenvalue weighted by Crippen LogP contribution is -2.51. The molecule has 3 heterocycles. The molecule has 3 aliphatic rings. The highest BCUT2D eigenvalue weighted by Gasteiger charge is 2.51. The van der Waals surface area contributed by atoms with Crippen molar-refractivity contribution in [1.29, 1.82) is 0 Å². The lowest BCUT2D eigenvalue weighted by atomic mass is 9.72. The van der Waals surface area contributed by atoms with Crippen LogP contribution in [0.5, 0.6) is 0 Å². The quantitative estimate of drug-likeness (QED) is 0.663. The van der Waals surface area contributed by atoms with Crippen molar-refractivity contribution in [3.05, 3.63) is 70.9 Å². The van der Waals surface area contributed by atoms with E-state index in [1.807, 2.05) is 12.1 Å². The van der Waals surface area contributed by atoms with E-state index in [1.54, 1.807) is 12.4 Å². The van der Waals surface area contributed by atoms with Crippen molar-refractivity contribution in [2.24, 2.45) is 5.92 Å². The fourth-order valence-corrected chi connectivity index (χ4v) is 5.15. The maximum atomic E-state index is 13.4. The van der Waals surface area contributed by atoms with E-state index in [0.717, 1.165) is 67.3 Å². The Morgan fingerprint density at radius 1 is 1.16 bits per heavy atom. The van der Waals surface area contributed by atoms with Gasteiger partial charge in [-0.3, -0.25) is 9.78 Å². The normalized spacial score (nSPS) is 22.6. The molecule has 32 heavy (non-hydrogen) atoms. The Kier molecular flexibility index (Phi) is 4.03. The number of pyridine rings is 2. The summed E-state index contributed by atoms with van der Waals surface area (Å²) in [4.78, 5) is 21.6. The van der Waals surface area contributed by atoms with Gasteiger partial charge in [-0.15, -0.1) is 0 Å². The number of aromatic nitrogens is 4. The molecular weight excluding hydrogens is 419 g/mol. The Bertz CT molecular complexity index is 1220. The molecule has 1 amide bonds. The molecule has 3 aromatic rings. The van der Waals surface area contributed by atoms with Crippen LogP contribution in [0.4, 0.5) is 13.2 Å². The van der Waals surface area contributed by atoms with Crippen LogP contribution in [0.15, 0.2) is 42.9 Å². The zero-order chi connectivity index (χ0) is 22.1. The fourth-order valence-electron chi connectivity index (χ4n) is 5.15. The standard InChI is InChI=1S/C23H20F3N5O/c24-23(25,26)15-4-9-28-18(12-15)31-20-16-10-13(16)11-17(20)19(30-31)21(32)29-22(5-1-6-22)14-2-7-27-8-3-14/h2-4,7-9,12-13,16H,1,5-6,10-11H2,(H,29,32)/t13-,16-/m1/s1. The van der Waals surface area contributed by atoms with E-state index in [-0.39, 0.29) is 17.6 Å². The second kappa shape index (κ2) is 6.63. The average molecular weight is 439 g/mol. The first-order valence-corrected chi connectivity index (χ1v) is 10.7. The third kappa shape index (κ3) is 2.94. The van der Waals surface area contributed by atoms with Crippen molar-refractivity contribution in [2.45, 2.75) is 49.7 Å². The van der Waals surface area contributed by atoms with E-state index in [4.69, 9.17) is 0 Å². The fraction of sp³-hybridized carbons (Fsp3) is 0.391. The van der Waals surface area contributed by atoms with Crippen molar-refractivity contribution in [2.75, 3.05) is 0 Å². The van der Waals surface area contributed by atoms with E-state index >= 15 is 0 Å². The van der Waals surface area contributed by atoms with Gasteiger partial charge in [0.2, 0.25) is 0 Å². The molecule has 0 bridgehead atoms. The molecular formula is C23H20F3N5O.